The Hall–Kier alpha value is -2.35. The molecule has 0 spiro atoms. The Kier molecular flexibility index (Phi) is 6.87. The zero-order valence-corrected chi connectivity index (χ0v) is 17.4. The maximum absolute atomic E-state index is 12.9. The van der Waals surface area contributed by atoms with Gasteiger partial charge in [0.2, 0.25) is 0 Å². The number of amides is 2. The molecule has 1 saturated heterocycles. The highest BCUT2D eigenvalue weighted by Gasteiger charge is 2.30. The van der Waals surface area contributed by atoms with Crippen molar-refractivity contribution in [2.45, 2.75) is 39.2 Å². The molecular weight excluding hydrogens is 386 g/mol. The van der Waals surface area contributed by atoms with E-state index in [4.69, 9.17) is 16.3 Å². The molecule has 154 valence electrons. The van der Waals surface area contributed by atoms with Gasteiger partial charge in [0.1, 0.15) is 11.2 Å². The molecule has 2 rings (SSSR count). The minimum absolute atomic E-state index is 0.0237. The average molecular weight is 412 g/mol. The van der Waals surface area contributed by atoms with Crippen LogP contribution in [-0.4, -0.2) is 59.0 Å². The van der Waals surface area contributed by atoms with Gasteiger partial charge in [-0.05, 0) is 51.7 Å². The summed E-state index contributed by atoms with van der Waals surface area (Å²) in [6.45, 7) is 6.80. The number of hydrogen-bond donors (Lipinski definition) is 0. The molecule has 28 heavy (non-hydrogen) atoms. The predicted molar refractivity (Wildman–Crippen MR) is 106 cm³/mol. The van der Waals surface area contributed by atoms with Crippen LogP contribution in [0.25, 0.3) is 0 Å². The lowest BCUT2D eigenvalue weighted by Crippen LogP contribution is -2.45. The summed E-state index contributed by atoms with van der Waals surface area (Å²) in [5, 5.41) is 11.5. The Morgan fingerprint density at radius 2 is 2.07 bits per heavy atom. The molecule has 0 radical (unpaired) electrons. The van der Waals surface area contributed by atoms with Crippen LogP contribution in [0, 0.1) is 16.0 Å². The molecule has 1 heterocycles. The van der Waals surface area contributed by atoms with E-state index >= 15 is 0 Å². The van der Waals surface area contributed by atoms with Crippen LogP contribution in [0.5, 0.6) is 0 Å². The Balaban J connectivity index is 2.06. The van der Waals surface area contributed by atoms with Crippen LogP contribution in [0.2, 0.25) is 5.02 Å². The zero-order chi connectivity index (χ0) is 21.1. The van der Waals surface area contributed by atoms with E-state index in [-0.39, 0.29) is 22.2 Å². The summed E-state index contributed by atoms with van der Waals surface area (Å²) in [4.78, 5) is 38.8. The number of nitro groups is 1. The second kappa shape index (κ2) is 8.77. The highest BCUT2D eigenvalue weighted by molar-refractivity contribution is 6.31. The summed E-state index contributed by atoms with van der Waals surface area (Å²) in [7, 11) is 1.67. The van der Waals surface area contributed by atoms with E-state index in [1.54, 1.807) is 32.7 Å². The van der Waals surface area contributed by atoms with Crippen molar-refractivity contribution in [3.05, 3.63) is 38.9 Å². The van der Waals surface area contributed by atoms with E-state index in [2.05, 4.69) is 0 Å². The maximum atomic E-state index is 12.9. The standard InChI is InChI=1S/C19H26ClN3O5/c1-19(2,3)28-18(25)21(4)11-13-6-5-9-22(12-13)17(24)15-8-7-14(20)10-16(15)23(26)27/h7-8,10,13H,5-6,9,11-12H2,1-4H3. The van der Waals surface area contributed by atoms with E-state index in [1.807, 2.05) is 0 Å². The minimum atomic E-state index is -0.600. The Morgan fingerprint density at radius 3 is 2.68 bits per heavy atom. The summed E-state index contributed by atoms with van der Waals surface area (Å²) in [5.74, 6) is -0.324. The van der Waals surface area contributed by atoms with Crippen molar-refractivity contribution in [2.24, 2.45) is 5.92 Å². The summed E-state index contributed by atoms with van der Waals surface area (Å²) >= 11 is 5.83. The highest BCUT2D eigenvalue weighted by Crippen LogP contribution is 2.27. The zero-order valence-electron chi connectivity index (χ0n) is 16.6. The van der Waals surface area contributed by atoms with Crippen LogP contribution in [-0.2, 0) is 4.74 Å². The highest BCUT2D eigenvalue weighted by atomic mass is 35.5. The van der Waals surface area contributed by atoms with Crippen molar-refractivity contribution in [3.63, 3.8) is 0 Å². The molecule has 8 nitrogen and oxygen atoms in total. The molecule has 9 heteroatoms. The van der Waals surface area contributed by atoms with Crippen LogP contribution in [0.3, 0.4) is 0 Å². The van der Waals surface area contributed by atoms with Crippen molar-refractivity contribution in [3.8, 4) is 0 Å². The Labute approximate surface area is 169 Å². The number of carbonyl (C=O) groups is 2. The lowest BCUT2D eigenvalue weighted by Gasteiger charge is -2.35. The smallest absolute Gasteiger partial charge is 0.410 e. The number of nitro benzene ring substituents is 1. The van der Waals surface area contributed by atoms with Crippen LogP contribution >= 0.6 is 11.6 Å². The van der Waals surface area contributed by atoms with Gasteiger partial charge in [0.05, 0.1) is 4.92 Å². The van der Waals surface area contributed by atoms with Gasteiger partial charge in [-0.1, -0.05) is 11.6 Å². The summed E-state index contributed by atoms with van der Waals surface area (Å²) in [6.07, 6.45) is 1.21. The number of likely N-dealkylation sites (tertiary alicyclic amines) is 1. The van der Waals surface area contributed by atoms with Gasteiger partial charge in [0.25, 0.3) is 11.6 Å². The minimum Gasteiger partial charge on any atom is -0.444 e. The predicted octanol–water partition coefficient (Wildman–Crippen LogP) is 3.97. The number of piperidine rings is 1. The number of halogens is 1. The lowest BCUT2D eigenvalue weighted by molar-refractivity contribution is -0.385. The normalized spacial score (nSPS) is 17.2. The summed E-state index contributed by atoms with van der Waals surface area (Å²) < 4.78 is 5.36. The van der Waals surface area contributed by atoms with Crippen molar-refractivity contribution >= 4 is 29.3 Å². The third-order valence-electron chi connectivity index (χ3n) is 4.43. The molecule has 2 amide bonds. The molecule has 1 aliphatic rings. The molecule has 0 bridgehead atoms. The molecule has 1 unspecified atom stereocenters. The van der Waals surface area contributed by atoms with Crippen LogP contribution in [0.15, 0.2) is 18.2 Å². The number of carbonyl (C=O) groups excluding carboxylic acids is 2. The fourth-order valence-corrected chi connectivity index (χ4v) is 3.37. The number of rotatable bonds is 4. The third kappa shape index (κ3) is 5.82. The number of nitrogens with zero attached hydrogens (tertiary/aromatic N) is 3. The molecular formula is C19H26ClN3O5. The van der Waals surface area contributed by atoms with Gasteiger partial charge in [-0.15, -0.1) is 0 Å². The molecule has 0 saturated carbocycles. The molecule has 1 aromatic rings. The third-order valence-corrected chi connectivity index (χ3v) is 4.67. The van der Waals surface area contributed by atoms with E-state index in [1.165, 1.54) is 23.1 Å². The first-order chi connectivity index (χ1) is 13.0. The van der Waals surface area contributed by atoms with Crippen molar-refractivity contribution in [1.29, 1.82) is 0 Å². The fraction of sp³-hybridized carbons (Fsp3) is 0.579. The quantitative estimate of drug-likeness (QED) is 0.552. The van der Waals surface area contributed by atoms with Gasteiger partial charge < -0.3 is 14.5 Å². The van der Waals surface area contributed by atoms with Gasteiger partial charge in [-0.2, -0.15) is 0 Å². The van der Waals surface area contributed by atoms with Gasteiger partial charge in [0, 0.05) is 37.8 Å². The van der Waals surface area contributed by atoms with Gasteiger partial charge in [-0.3, -0.25) is 14.9 Å². The summed E-state index contributed by atoms with van der Waals surface area (Å²) in [6, 6.07) is 4.05. The Morgan fingerprint density at radius 1 is 1.39 bits per heavy atom. The summed E-state index contributed by atoms with van der Waals surface area (Å²) in [5.41, 5.74) is -0.853. The molecule has 1 aliphatic heterocycles. The number of hydrogen-bond acceptors (Lipinski definition) is 5. The van der Waals surface area contributed by atoms with Gasteiger partial charge >= 0.3 is 6.09 Å². The first-order valence-electron chi connectivity index (χ1n) is 9.15. The van der Waals surface area contributed by atoms with E-state index < -0.39 is 22.5 Å². The second-order valence-corrected chi connectivity index (χ2v) is 8.48. The monoisotopic (exact) mass is 411 g/mol. The first-order valence-corrected chi connectivity index (χ1v) is 9.53. The molecule has 1 fully saturated rings. The first kappa shape index (κ1) is 21.9. The molecule has 1 aromatic carbocycles. The van der Waals surface area contributed by atoms with Crippen molar-refractivity contribution in [2.75, 3.05) is 26.7 Å². The van der Waals surface area contributed by atoms with Crippen LogP contribution in [0.4, 0.5) is 10.5 Å². The lowest BCUT2D eigenvalue weighted by atomic mass is 9.96. The number of ether oxygens (including phenoxy) is 1. The van der Waals surface area contributed by atoms with Crippen LogP contribution in [0.1, 0.15) is 44.0 Å². The van der Waals surface area contributed by atoms with E-state index in [9.17, 15) is 19.7 Å². The van der Waals surface area contributed by atoms with E-state index in [0.717, 1.165) is 12.8 Å². The average Bonchev–Trinajstić information content (AvgIpc) is 2.59. The fourth-order valence-electron chi connectivity index (χ4n) is 3.21. The van der Waals surface area contributed by atoms with Gasteiger partial charge in [0.15, 0.2) is 0 Å². The largest absolute Gasteiger partial charge is 0.444 e. The van der Waals surface area contributed by atoms with Crippen LogP contribution < -0.4 is 0 Å². The van der Waals surface area contributed by atoms with E-state index in [0.29, 0.717) is 19.6 Å². The Bertz CT molecular complexity index is 762. The molecule has 0 N–H and O–H groups in total. The molecule has 0 aliphatic carbocycles. The topological polar surface area (TPSA) is 93.0 Å². The molecule has 0 aromatic heterocycles. The van der Waals surface area contributed by atoms with Crippen molar-refractivity contribution in [1.82, 2.24) is 9.80 Å². The maximum Gasteiger partial charge on any atom is 0.410 e. The second-order valence-electron chi connectivity index (χ2n) is 8.04. The van der Waals surface area contributed by atoms with Gasteiger partial charge in [-0.25, -0.2) is 4.79 Å². The van der Waals surface area contributed by atoms with Crippen molar-refractivity contribution < 1.29 is 19.2 Å². The number of benzene rings is 1. The SMILES string of the molecule is CN(CC1CCCN(C(=O)c2ccc(Cl)cc2[N+](=O)[O-])C1)C(=O)OC(C)(C)C. The molecule has 1 atom stereocenters.